The lowest BCUT2D eigenvalue weighted by molar-refractivity contribution is -0.132. The van der Waals surface area contributed by atoms with E-state index in [2.05, 4.69) is 19.2 Å². The lowest BCUT2D eigenvalue weighted by Crippen LogP contribution is -2.58. The van der Waals surface area contributed by atoms with Crippen LogP contribution in [0.4, 0.5) is 4.39 Å². The fraction of sp³-hybridized carbons (Fsp3) is 0.500. The minimum atomic E-state index is -0.269. The molecule has 98 valence electrons. The molecule has 0 radical (unpaired) electrons. The first-order valence-corrected chi connectivity index (χ1v) is 6.23. The summed E-state index contributed by atoms with van der Waals surface area (Å²) in [7, 11) is 0. The molecule has 1 amide bonds. The zero-order valence-corrected chi connectivity index (χ0v) is 10.9. The summed E-state index contributed by atoms with van der Waals surface area (Å²) in [4.78, 5) is 14.0. The van der Waals surface area contributed by atoms with Crippen molar-refractivity contribution in [3.8, 4) is 0 Å². The fourth-order valence-corrected chi connectivity index (χ4v) is 2.24. The predicted octanol–water partition coefficient (Wildman–Crippen LogP) is 1.58. The maximum atomic E-state index is 12.8. The van der Waals surface area contributed by atoms with Gasteiger partial charge in [-0.2, -0.15) is 0 Å². The highest BCUT2D eigenvalue weighted by atomic mass is 19.1. The van der Waals surface area contributed by atoms with Crippen molar-refractivity contribution in [3.05, 3.63) is 35.6 Å². The molecule has 1 N–H and O–H groups in total. The van der Waals surface area contributed by atoms with E-state index in [4.69, 9.17) is 0 Å². The number of amides is 1. The van der Waals surface area contributed by atoms with Gasteiger partial charge in [0, 0.05) is 25.2 Å². The van der Waals surface area contributed by atoms with Crippen LogP contribution < -0.4 is 5.32 Å². The fourth-order valence-electron chi connectivity index (χ4n) is 2.24. The lowest BCUT2D eigenvalue weighted by Gasteiger charge is -2.39. The highest BCUT2D eigenvalue weighted by Crippen LogP contribution is 2.12. The van der Waals surface area contributed by atoms with Crippen molar-refractivity contribution in [2.45, 2.75) is 25.8 Å². The third kappa shape index (κ3) is 3.29. The van der Waals surface area contributed by atoms with Crippen LogP contribution in [0.2, 0.25) is 0 Å². The molecule has 0 saturated carbocycles. The maximum Gasteiger partial charge on any atom is 0.227 e. The van der Waals surface area contributed by atoms with Crippen LogP contribution in [0.1, 0.15) is 19.4 Å². The zero-order valence-electron chi connectivity index (χ0n) is 10.9. The van der Waals surface area contributed by atoms with Crippen molar-refractivity contribution in [1.82, 2.24) is 10.2 Å². The van der Waals surface area contributed by atoms with Gasteiger partial charge in [0.1, 0.15) is 5.82 Å². The van der Waals surface area contributed by atoms with Crippen LogP contribution in [-0.2, 0) is 11.2 Å². The van der Waals surface area contributed by atoms with Gasteiger partial charge in [0.15, 0.2) is 0 Å². The Bertz CT molecular complexity index is 428. The molecule has 0 aliphatic carbocycles. The summed E-state index contributed by atoms with van der Waals surface area (Å²) >= 11 is 0. The van der Waals surface area contributed by atoms with Crippen LogP contribution in [0.3, 0.4) is 0 Å². The van der Waals surface area contributed by atoms with Gasteiger partial charge in [0.25, 0.3) is 0 Å². The number of carbonyl (C=O) groups is 1. The topological polar surface area (TPSA) is 32.3 Å². The lowest BCUT2D eigenvalue weighted by atomic mass is 10.0. The Balaban J connectivity index is 1.97. The zero-order chi connectivity index (χ0) is 13.2. The Labute approximate surface area is 107 Å². The first-order chi connectivity index (χ1) is 8.46. The summed E-state index contributed by atoms with van der Waals surface area (Å²) in [5.74, 6) is -0.161. The third-order valence-corrected chi connectivity index (χ3v) is 3.19. The second kappa shape index (κ2) is 5.06. The monoisotopic (exact) mass is 250 g/mol. The van der Waals surface area contributed by atoms with Crippen molar-refractivity contribution >= 4 is 5.91 Å². The number of hydrogen-bond acceptors (Lipinski definition) is 2. The average molecular weight is 250 g/mol. The molecule has 3 nitrogen and oxygen atoms in total. The van der Waals surface area contributed by atoms with Gasteiger partial charge in [0.2, 0.25) is 5.91 Å². The van der Waals surface area contributed by atoms with E-state index in [1.807, 2.05) is 4.90 Å². The van der Waals surface area contributed by atoms with E-state index in [0.717, 1.165) is 18.7 Å². The highest BCUT2D eigenvalue weighted by molar-refractivity contribution is 5.79. The van der Waals surface area contributed by atoms with Gasteiger partial charge in [-0.25, -0.2) is 4.39 Å². The molecule has 1 aromatic rings. The van der Waals surface area contributed by atoms with Gasteiger partial charge < -0.3 is 10.2 Å². The predicted molar refractivity (Wildman–Crippen MR) is 68.8 cm³/mol. The van der Waals surface area contributed by atoms with Crippen LogP contribution in [0, 0.1) is 5.82 Å². The summed E-state index contributed by atoms with van der Waals surface area (Å²) < 4.78 is 12.8. The summed E-state index contributed by atoms with van der Waals surface area (Å²) in [5.41, 5.74) is 0.828. The van der Waals surface area contributed by atoms with Crippen molar-refractivity contribution in [2.75, 3.05) is 19.6 Å². The second-order valence-electron chi connectivity index (χ2n) is 5.43. The average Bonchev–Trinajstić information content (AvgIpc) is 2.31. The molecule has 0 bridgehead atoms. The molecule has 18 heavy (non-hydrogen) atoms. The number of piperazine rings is 1. The number of benzene rings is 1. The van der Waals surface area contributed by atoms with Crippen LogP contribution in [0.15, 0.2) is 24.3 Å². The van der Waals surface area contributed by atoms with Crippen LogP contribution >= 0.6 is 0 Å². The standard InChI is InChI=1S/C14H19FN2O/c1-14(2)10-17(8-7-16-14)13(18)9-11-3-5-12(15)6-4-11/h3-6,16H,7-10H2,1-2H3. The van der Waals surface area contributed by atoms with Gasteiger partial charge in [0.05, 0.1) is 6.42 Å². The third-order valence-electron chi connectivity index (χ3n) is 3.19. The van der Waals surface area contributed by atoms with Gasteiger partial charge in [-0.05, 0) is 31.5 Å². The van der Waals surface area contributed by atoms with Gasteiger partial charge >= 0.3 is 0 Å². The minimum Gasteiger partial charge on any atom is -0.339 e. The Morgan fingerprint density at radius 2 is 2.06 bits per heavy atom. The Morgan fingerprint density at radius 3 is 2.67 bits per heavy atom. The molecule has 1 heterocycles. The van der Waals surface area contributed by atoms with E-state index in [0.29, 0.717) is 13.0 Å². The Morgan fingerprint density at radius 1 is 1.39 bits per heavy atom. The molecule has 1 aromatic carbocycles. The van der Waals surface area contributed by atoms with E-state index in [1.54, 1.807) is 12.1 Å². The van der Waals surface area contributed by atoms with Gasteiger partial charge in [-0.15, -0.1) is 0 Å². The van der Waals surface area contributed by atoms with Crippen LogP contribution in [0.25, 0.3) is 0 Å². The molecule has 0 aromatic heterocycles. The van der Waals surface area contributed by atoms with Gasteiger partial charge in [-0.3, -0.25) is 4.79 Å². The summed E-state index contributed by atoms with van der Waals surface area (Å²) in [6.07, 6.45) is 0.344. The quantitative estimate of drug-likeness (QED) is 0.864. The SMILES string of the molecule is CC1(C)CN(C(=O)Cc2ccc(F)cc2)CCN1. The van der Waals surface area contributed by atoms with Crippen molar-refractivity contribution < 1.29 is 9.18 Å². The van der Waals surface area contributed by atoms with Crippen molar-refractivity contribution in [1.29, 1.82) is 0 Å². The normalized spacial score (nSPS) is 18.7. The van der Waals surface area contributed by atoms with Crippen LogP contribution in [0.5, 0.6) is 0 Å². The molecule has 0 unspecified atom stereocenters. The molecule has 0 atom stereocenters. The van der Waals surface area contributed by atoms with E-state index in [1.165, 1.54) is 12.1 Å². The first-order valence-electron chi connectivity index (χ1n) is 6.23. The Hall–Kier alpha value is -1.42. The number of rotatable bonds is 2. The molecular weight excluding hydrogens is 231 g/mol. The molecule has 2 rings (SSSR count). The second-order valence-corrected chi connectivity index (χ2v) is 5.43. The smallest absolute Gasteiger partial charge is 0.227 e. The molecule has 0 spiro atoms. The van der Waals surface area contributed by atoms with E-state index < -0.39 is 0 Å². The number of nitrogens with one attached hydrogen (secondary N) is 1. The van der Waals surface area contributed by atoms with Crippen molar-refractivity contribution in [2.24, 2.45) is 0 Å². The minimum absolute atomic E-state index is 0.0310. The van der Waals surface area contributed by atoms with E-state index >= 15 is 0 Å². The molecule has 4 heteroatoms. The molecule has 1 fully saturated rings. The number of halogens is 1. The number of carbonyl (C=O) groups excluding carboxylic acids is 1. The molecule has 1 aliphatic rings. The molecule has 1 aliphatic heterocycles. The largest absolute Gasteiger partial charge is 0.339 e. The molecular formula is C14H19FN2O. The summed E-state index contributed by atoms with van der Waals surface area (Å²) in [6, 6.07) is 6.12. The number of nitrogens with zero attached hydrogens (tertiary/aromatic N) is 1. The summed E-state index contributed by atoms with van der Waals surface area (Å²) in [6.45, 7) is 6.45. The highest BCUT2D eigenvalue weighted by Gasteiger charge is 2.28. The first kappa shape index (κ1) is 13.0. The molecule has 1 saturated heterocycles. The number of hydrogen-bond donors (Lipinski definition) is 1. The summed E-state index contributed by atoms with van der Waals surface area (Å²) in [5, 5.41) is 3.37. The maximum absolute atomic E-state index is 12.8. The van der Waals surface area contributed by atoms with Crippen LogP contribution in [-0.4, -0.2) is 36.0 Å². The van der Waals surface area contributed by atoms with Crippen molar-refractivity contribution in [3.63, 3.8) is 0 Å². The van der Waals surface area contributed by atoms with Gasteiger partial charge in [-0.1, -0.05) is 12.1 Å². The van der Waals surface area contributed by atoms with E-state index in [-0.39, 0.29) is 17.3 Å². The Kier molecular flexibility index (Phi) is 3.66. The van der Waals surface area contributed by atoms with E-state index in [9.17, 15) is 9.18 Å².